The molecule has 1 N–H and O–H groups in total. The Morgan fingerprint density at radius 2 is 2.00 bits per heavy atom. The van der Waals surface area contributed by atoms with Crippen molar-refractivity contribution in [2.45, 2.75) is 20.0 Å². The first-order valence-electron chi connectivity index (χ1n) is 7.31. The lowest BCUT2D eigenvalue weighted by Crippen LogP contribution is -2.27. The Labute approximate surface area is 141 Å². The average Bonchev–Trinajstić information content (AvgIpc) is 2.86. The lowest BCUT2D eigenvalue weighted by atomic mass is 10.1. The van der Waals surface area contributed by atoms with Crippen LogP contribution in [0.5, 0.6) is 0 Å². The van der Waals surface area contributed by atoms with E-state index < -0.39 is 6.10 Å². The van der Waals surface area contributed by atoms with Crippen molar-refractivity contribution in [1.29, 1.82) is 0 Å². The van der Waals surface area contributed by atoms with Gasteiger partial charge in [-0.15, -0.1) is 23.7 Å². The molecule has 6 heteroatoms. The number of hydrogen-bond donors (Lipinski definition) is 1. The van der Waals surface area contributed by atoms with Gasteiger partial charge in [-0.25, -0.2) is 0 Å². The van der Waals surface area contributed by atoms with Crippen LogP contribution in [0.3, 0.4) is 0 Å². The minimum absolute atomic E-state index is 0. The van der Waals surface area contributed by atoms with Gasteiger partial charge in [0.15, 0.2) is 5.13 Å². The number of benzene rings is 1. The highest BCUT2D eigenvalue weighted by Crippen LogP contribution is 2.27. The minimum atomic E-state index is -0.672. The maximum atomic E-state index is 13.2. The number of ether oxygens (including phenoxy) is 1. The summed E-state index contributed by atoms with van der Waals surface area (Å²) < 4.78 is 19.6. The van der Waals surface area contributed by atoms with Gasteiger partial charge in [0, 0.05) is 11.2 Å². The Bertz CT molecular complexity index is 574. The number of aliphatic hydroxyl groups excluding tert-OH is 1. The molecule has 0 saturated carbocycles. The molecule has 0 radical (unpaired) electrons. The van der Waals surface area contributed by atoms with E-state index in [0.29, 0.717) is 6.61 Å². The standard InChI is InChI=1S/C16H22FNO2S.ClH/c1-3-18(4-2)7-8-20-11-14(19)12-5-6-15-13(9-12)10-16(17)21-15;/h5-6,9-10,14,19H,3-4,7-8,11H2,1-2H3;1H. The molecule has 1 atom stereocenters. The van der Waals surface area contributed by atoms with Gasteiger partial charge in [-0.05, 0) is 42.2 Å². The van der Waals surface area contributed by atoms with Crippen molar-refractivity contribution in [2.75, 3.05) is 32.8 Å². The predicted octanol–water partition coefficient (Wildman–Crippen LogP) is 3.85. The van der Waals surface area contributed by atoms with Crippen LogP contribution in [-0.4, -0.2) is 42.9 Å². The Hall–Kier alpha value is -0.720. The summed E-state index contributed by atoms with van der Waals surface area (Å²) >= 11 is 1.12. The van der Waals surface area contributed by atoms with Crippen molar-refractivity contribution in [1.82, 2.24) is 4.90 Å². The van der Waals surface area contributed by atoms with E-state index in [0.717, 1.165) is 46.6 Å². The first-order valence-corrected chi connectivity index (χ1v) is 8.12. The van der Waals surface area contributed by atoms with E-state index >= 15 is 0 Å². The third-order valence-electron chi connectivity index (χ3n) is 3.62. The Morgan fingerprint density at radius 1 is 1.27 bits per heavy atom. The van der Waals surface area contributed by atoms with Crippen LogP contribution in [0.25, 0.3) is 10.1 Å². The van der Waals surface area contributed by atoms with Gasteiger partial charge in [-0.1, -0.05) is 19.9 Å². The van der Waals surface area contributed by atoms with Crippen LogP contribution in [0.4, 0.5) is 4.39 Å². The molecule has 1 aromatic carbocycles. The molecular weight excluding hydrogens is 325 g/mol. The van der Waals surface area contributed by atoms with E-state index in [4.69, 9.17) is 4.74 Å². The van der Waals surface area contributed by atoms with Crippen LogP contribution in [0.1, 0.15) is 25.5 Å². The van der Waals surface area contributed by atoms with E-state index in [1.54, 1.807) is 0 Å². The van der Waals surface area contributed by atoms with Crippen molar-refractivity contribution in [3.8, 4) is 0 Å². The highest BCUT2D eigenvalue weighted by Gasteiger charge is 2.10. The van der Waals surface area contributed by atoms with Crippen LogP contribution in [-0.2, 0) is 4.74 Å². The van der Waals surface area contributed by atoms with Crippen LogP contribution in [0.2, 0.25) is 0 Å². The zero-order valence-electron chi connectivity index (χ0n) is 12.9. The zero-order valence-corrected chi connectivity index (χ0v) is 14.6. The van der Waals surface area contributed by atoms with Gasteiger partial charge in [-0.2, -0.15) is 4.39 Å². The third-order valence-corrected chi connectivity index (χ3v) is 4.52. The predicted molar refractivity (Wildman–Crippen MR) is 92.6 cm³/mol. The topological polar surface area (TPSA) is 32.7 Å². The van der Waals surface area contributed by atoms with Crippen molar-refractivity contribution < 1.29 is 14.2 Å². The largest absolute Gasteiger partial charge is 0.386 e. The number of aliphatic hydroxyl groups is 1. The summed E-state index contributed by atoms with van der Waals surface area (Å²) in [5.41, 5.74) is 0.767. The molecule has 0 aliphatic heterocycles. The van der Waals surface area contributed by atoms with Gasteiger partial charge in [0.05, 0.1) is 13.2 Å². The van der Waals surface area contributed by atoms with Crippen LogP contribution in [0.15, 0.2) is 24.3 Å². The molecule has 3 nitrogen and oxygen atoms in total. The lowest BCUT2D eigenvalue weighted by molar-refractivity contribution is 0.0274. The molecule has 0 aliphatic carbocycles. The Balaban J connectivity index is 0.00000242. The van der Waals surface area contributed by atoms with Gasteiger partial charge in [0.25, 0.3) is 0 Å². The summed E-state index contributed by atoms with van der Waals surface area (Å²) in [6, 6.07) is 7.00. The molecule has 0 saturated heterocycles. The average molecular weight is 348 g/mol. The summed E-state index contributed by atoms with van der Waals surface area (Å²) in [7, 11) is 0. The third kappa shape index (κ3) is 5.18. The fourth-order valence-electron chi connectivity index (χ4n) is 2.26. The van der Waals surface area contributed by atoms with Gasteiger partial charge < -0.3 is 14.7 Å². The van der Waals surface area contributed by atoms with Gasteiger partial charge in [0.1, 0.15) is 6.10 Å². The van der Waals surface area contributed by atoms with E-state index in [1.807, 2.05) is 18.2 Å². The molecule has 22 heavy (non-hydrogen) atoms. The normalized spacial score (nSPS) is 12.6. The Kier molecular flexibility index (Phi) is 8.28. The molecule has 1 aromatic heterocycles. The number of fused-ring (bicyclic) bond motifs is 1. The van der Waals surface area contributed by atoms with Gasteiger partial charge in [0.2, 0.25) is 0 Å². The molecule has 0 bridgehead atoms. The smallest absolute Gasteiger partial charge is 0.177 e. The van der Waals surface area contributed by atoms with Crippen LogP contribution >= 0.6 is 23.7 Å². The summed E-state index contributed by atoms with van der Waals surface area (Å²) in [6.07, 6.45) is -0.672. The fourth-order valence-corrected chi connectivity index (χ4v) is 3.03. The first-order chi connectivity index (χ1) is 10.1. The number of halogens is 2. The van der Waals surface area contributed by atoms with E-state index in [1.165, 1.54) is 6.07 Å². The summed E-state index contributed by atoms with van der Waals surface area (Å²) in [5.74, 6) is 0. The quantitative estimate of drug-likeness (QED) is 0.736. The molecule has 1 unspecified atom stereocenters. The summed E-state index contributed by atoms with van der Waals surface area (Å²) in [6.45, 7) is 7.98. The molecule has 0 amide bonds. The highest BCUT2D eigenvalue weighted by atomic mass is 35.5. The van der Waals surface area contributed by atoms with Crippen molar-refractivity contribution in [3.63, 3.8) is 0 Å². The second-order valence-corrected chi connectivity index (χ2v) is 6.00. The monoisotopic (exact) mass is 347 g/mol. The molecule has 0 fully saturated rings. The number of likely N-dealkylation sites (N-methyl/N-ethyl adjacent to an activating group) is 1. The van der Waals surface area contributed by atoms with E-state index in [-0.39, 0.29) is 24.1 Å². The fraction of sp³-hybridized carbons (Fsp3) is 0.500. The maximum Gasteiger partial charge on any atom is 0.177 e. The van der Waals surface area contributed by atoms with E-state index in [2.05, 4.69) is 18.7 Å². The SMILES string of the molecule is CCN(CC)CCOCC(O)c1ccc2sc(F)cc2c1.Cl. The molecule has 2 rings (SSSR count). The minimum Gasteiger partial charge on any atom is -0.386 e. The molecule has 0 aliphatic rings. The van der Waals surface area contributed by atoms with Crippen molar-refractivity contribution >= 4 is 33.8 Å². The first kappa shape index (κ1) is 19.3. The molecule has 2 aromatic rings. The molecule has 0 spiro atoms. The van der Waals surface area contributed by atoms with Crippen molar-refractivity contribution in [3.05, 3.63) is 35.0 Å². The molecular formula is C16H23ClFNO2S. The molecule has 124 valence electrons. The number of thiophene rings is 1. The second-order valence-electron chi connectivity index (χ2n) is 4.97. The van der Waals surface area contributed by atoms with E-state index in [9.17, 15) is 9.50 Å². The lowest BCUT2D eigenvalue weighted by Gasteiger charge is -2.18. The van der Waals surface area contributed by atoms with Crippen LogP contribution < -0.4 is 0 Å². The summed E-state index contributed by atoms with van der Waals surface area (Å²) in [5, 5.41) is 10.8. The molecule has 1 heterocycles. The van der Waals surface area contributed by atoms with Crippen molar-refractivity contribution in [2.24, 2.45) is 0 Å². The number of hydrogen-bond acceptors (Lipinski definition) is 4. The second kappa shape index (κ2) is 9.43. The van der Waals surface area contributed by atoms with Gasteiger partial charge >= 0.3 is 0 Å². The number of nitrogens with zero attached hydrogens (tertiary/aromatic N) is 1. The maximum absolute atomic E-state index is 13.2. The summed E-state index contributed by atoms with van der Waals surface area (Å²) in [4.78, 5) is 2.27. The zero-order chi connectivity index (χ0) is 15.2. The highest BCUT2D eigenvalue weighted by molar-refractivity contribution is 7.17. The number of rotatable bonds is 8. The Morgan fingerprint density at radius 3 is 2.68 bits per heavy atom. The van der Waals surface area contributed by atoms with Crippen LogP contribution in [0, 0.1) is 5.13 Å². The van der Waals surface area contributed by atoms with Gasteiger partial charge in [-0.3, -0.25) is 0 Å².